The highest BCUT2D eigenvalue weighted by molar-refractivity contribution is 5.96. The van der Waals surface area contributed by atoms with Gasteiger partial charge in [-0.15, -0.1) is 12.4 Å². The third-order valence-electron chi connectivity index (χ3n) is 5.11. The van der Waals surface area contributed by atoms with Gasteiger partial charge in [-0.05, 0) is 62.4 Å². The van der Waals surface area contributed by atoms with Gasteiger partial charge in [0.2, 0.25) is 11.8 Å². The molecule has 0 radical (unpaired) electrons. The van der Waals surface area contributed by atoms with Crippen molar-refractivity contribution in [2.45, 2.75) is 33.6 Å². The summed E-state index contributed by atoms with van der Waals surface area (Å²) in [7, 11) is 0. The average molecular weight is 417 g/mol. The number of nitrogen functional groups attached to an aromatic ring is 1. The highest BCUT2D eigenvalue weighted by atomic mass is 35.5. The monoisotopic (exact) mass is 416 g/mol. The van der Waals surface area contributed by atoms with Crippen LogP contribution in [-0.4, -0.2) is 31.4 Å². The van der Waals surface area contributed by atoms with Crippen molar-refractivity contribution in [3.05, 3.63) is 52.6 Å². The van der Waals surface area contributed by atoms with Gasteiger partial charge < -0.3 is 21.3 Å². The highest BCUT2D eigenvalue weighted by Crippen LogP contribution is 2.30. The van der Waals surface area contributed by atoms with Crippen LogP contribution < -0.4 is 21.3 Å². The predicted octanol–water partition coefficient (Wildman–Crippen LogP) is 3.12. The van der Waals surface area contributed by atoms with Gasteiger partial charge in [-0.2, -0.15) is 0 Å². The van der Waals surface area contributed by atoms with Crippen LogP contribution in [0.2, 0.25) is 0 Å². The van der Waals surface area contributed by atoms with Crippen molar-refractivity contribution in [1.82, 2.24) is 5.32 Å². The molecule has 2 amide bonds. The molecular weight excluding hydrogens is 388 g/mol. The molecule has 3 rings (SSSR count). The Morgan fingerprint density at radius 3 is 2.48 bits per heavy atom. The number of aryl methyl sites for hydroxylation is 3. The molecule has 4 N–H and O–H groups in total. The summed E-state index contributed by atoms with van der Waals surface area (Å²) in [5.41, 5.74) is 12.9. The molecular formula is C22H29ClN4O2. The number of amides is 2. The minimum Gasteiger partial charge on any atom is -0.398 e. The van der Waals surface area contributed by atoms with E-state index < -0.39 is 0 Å². The summed E-state index contributed by atoms with van der Waals surface area (Å²) < 4.78 is 0. The normalized spacial score (nSPS) is 12.6. The minimum atomic E-state index is -0.230. The van der Waals surface area contributed by atoms with Crippen LogP contribution >= 0.6 is 12.4 Å². The summed E-state index contributed by atoms with van der Waals surface area (Å²) in [6.45, 7) is 6.92. The van der Waals surface area contributed by atoms with E-state index in [1.54, 1.807) is 0 Å². The quantitative estimate of drug-likeness (QED) is 0.653. The summed E-state index contributed by atoms with van der Waals surface area (Å²) in [5, 5.41) is 5.63. The Kier molecular flexibility index (Phi) is 7.51. The first-order chi connectivity index (χ1) is 13.3. The van der Waals surface area contributed by atoms with Gasteiger partial charge in [-0.25, -0.2) is 0 Å². The molecule has 0 spiro atoms. The fourth-order valence-electron chi connectivity index (χ4n) is 3.86. The molecule has 2 aromatic rings. The smallest absolute Gasteiger partial charge is 0.243 e. The molecule has 2 aromatic carbocycles. The second-order valence-electron chi connectivity index (χ2n) is 7.47. The molecule has 0 unspecified atom stereocenters. The van der Waals surface area contributed by atoms with Gasteiger partial charge in [0.1, 0.15) is 0 Å². The van der Waals surface area contributed by atoms with Gasteiger partial charge >= 0.3 is 0 Å². The molecule has 0 aromatic heterocycles. The van der Waals surface area contributed by atoms with Crippen molar-refractivity contribution in [3.8, 4) is 0 Å². The van der Waals surface area contributed by atoms with E-state index in [1.165, 1.54) is 0 Å². The van der Waals surface area contributed by atoms with Crippen molar-refractivity contribution < 1.29 is 9.59 Å². The molecule has 1 aliphatic rings. The molecule has 1 heterocycles. The Hall–Kier alpha value is -2.73. The lowest BCUT2D eigenvalue weighted by atomic mass is 10.00. The van der Waals surface area contributed by atoms with Gasteiger partial charge in [-0.3, -0.25) is 9.59 Å². The van der Waals surface area contributed by atoms with E-state index >= 15 is 0 Å². The van der Waals surface area contributed by atoms with Gasteiger partial charge in [0, 0.05) is 23.6 Å². The standard InChI is InChI=1S/C22H28N4O2.ClH/c1-14-10-15(2)22(16(3)11-14)25-20(27)12-24-21(28)13-26-9-5-6-17-18(23)7-4-8-19(17)26;/h4,7-8,10-11H,5-6,9,12-13,23H2,1-3H3,(H,24,28)(H,25,27);1H. The maximum Gasteiger partial charge on any atom is 0.243 e. The number of nitrogens with zero attached hydrogens (tertiary/aromatic N) is 1. The first-order valence-corrected chi connectivity index (χ1v) is 9.62. The molecule has 1 aliphatic heterocycles. The van der Waals surface area contributed by atoms with Crippen molar-refractivity contribution in [2.24, 2.45) is 0 Å². The minimum absolute atomic E-state index is 0. The lowest BCUT2D eigenvalue weighted by molar-refractivity contribution is -0.123. The maximum atomic E-state index is 12.4. The van der Waals surface area contributed by atoms with Crippen molar-refractivity contribution in [3.63, 3.8) is 0 Å². The van der Waals surface area contributed by atoms with E-state index in [1.807, 2.05) is 56.0 Å². The summed E-state index contributed by atoms with van der Waals surface area (Å²) in [6.07, 6.45) is 1.89. The van der Waals surface area contributed by atoms with Crippen LogP contribution in [0.15, 0.2) is 30.3 Å². The molecule has 0 fully saturated rings. The van der Waals surface area contributed by atoms with E-state index in [0.29, 0.717) is 0 Å². The number of halogens is 1. The highest BCUT2D eigenvalue weighted by Gasteiger charge is 2.20. The number of rotatable bonds is 5. The van der Waals surface area contributed by atoms with Crippen molar-refractivity contribution in [1.29, 1.82) is 0 Å². The zero-order valence-electron chi connectivity index (χ0n) is 17.2. The third-order valence-corrected chi connectivity index (χ3v) is 5.11. The maximum absolute atomic E-state index is 12.4. The van der Waals surface area contributed by atoms with Crippen LogP contribution in [0, 0.1) is 20.8 Å². The molecule has 29 heavy (non-hydrogen) atoms. The van der Waals surface area contributed by atoms with Crippen LogP contribution in [0.5, 0.6) is 0 Å². The van der Waals surface area contributed by atoms with E-state index in [0.717, 1.165) is 58.7 Å². The number of carbonyl (C=O) groups excluding carboxylic acids is 2. The number of hydrogen-bond donors (Lipinski definition) is 3. The SMILES string of the molecule is Cc1cc(C)c(NC(=O)CNC(=O)CN2CCCc3c(N)cccc32)c(C)c1.Cl. The first-order valence-electron chi connectivity index (χ1n) is 9.62. The Morgan fingerprint density at radius 1 is 1.10 bits per heavy atom. The van der Waals surface area contributed by atoms with Crippen LogP contribution in [0.1, 0.15) is 28.7 Å². The van der Waals surface area contributed by atoms with Crippen LogP contribution in [0.3, 0.4) is 0 Å². The summed E-state index contributed by atoms with van der Waals surface area (Å²) in [5.74, 6) is -0.408. The third kappa shape index (κ3) is 5.41. The molecule has 0 saturated carbocycles. The van der Waals surface area contributed by atoms with Gasteiger partial charge in [0.05, 0.1) is 13.1 Å². The Labute approximate surface area is 178 Å². The zero-order chi connectivity index (χ0) is 20.3. The van der Waals surface area contributed by atoms with Crippen LogP contribution in [0.4, 0.5) is 17.1 Å². The fourth-order valence-corrected chi connectivity index (χ4v) is 3.86. The molecule has 0 atom stereocenters. The fraction of sp³-hybridized carbons (Fsp3) is 0.364. The number of carbonyl (C=O) groups is 2. The van der Waals surface area contributed by atoms with E-state index in [9.17, 15) is 9.59 Å². The number of nitrogens with one attached hydrogen (secondary N) is 2. The van der Waals surface area contributed by atoms with Crippen LogP contribution in [0.25, 0.3) is 0 Å². The van der Waals surface area contributed by atoms with Gasteiger partial charge in [0.25, 0.3) is 0 Å². The average Bonchev–Trinajstić information content (AvgIpc) is 2.64. The largest absolute Gasteiger partial charge is 0.398 e. The Morgan fingerprint density at radius 2 is 1.79 bits per heavy atom. The number of hydrogen-bond acceptors (Lipinski definition) is 4. The Balaban J connectivity index is 0.00000300. The molecule has 7 heteroatoms. The number of fused-ring (bicyclic) bond motifs is 1. The van der Waals surface area contributed by atoms with Crippen molar-refractivity contribution >= 4 is 41.3 Å². The number of anilines is 3. The lowest BCUT2D eigenvalue weighted by Gasteiger charge is -2.31. The Bertz CT molecular complexity index is 891. The second kappa shape index (κ2) is 9.65. The predicted molar refractivity (Wildman–Crippen MR) is 121 cm³/mol. The van der Waals surface area contributed by atoms with E-state index in [2.05, 4.69) is 10.6 Å². The summed E-state index contributed by atoms with van der Waals surface area (Å²) in [4.78, 5) is 26.7. The summed E-state index contributed by atoms with van der Waals surface area (Å²) >= 11 is 0. The topological polar surface area (TPSA) is 87.5 Å². The molecule has 0 saturated heterocycles. The molecule has 0 bridgehead atoms. The summed E-state index contributed by atoms with van der Waals surface area (Å²) in [6, 6.07) is 9.85. The zero-order valence-corrected chi connectivity index (χ0v) is 18.0. The number of nitrogens with two attached hydrogens (primary N) is 1. The molecule has 6 nitrogen and oxygen atoms in total. The lowest BCUT2D eigenvalue weighted by Crippen LogP contribution is -2.42. The van der Waals surface area contributed by atoms with Gasteiger partial charge in [-0.1, -0.05) is 23.8 Å². The van der Waals surface area contributed by atoms with E-state index in [-0.39, 0.29) is 37.3 Å². The van der Waals surface area contributed by atoms with Gasteiger partial charge in [0.15, 0.2) is 0 Å². The van der Waals surface area contributed by atoms with E-state index in [4.69, 9.17) is 5.73 Å². The van der Waals surface area contributed by atoms with Crippen LogP contribution in [-0.2, 0) is 16.0 Å². The first kappa shape index (κ1) is 22.6. The number of benzene rings is 2. The second-order valence-corrected chi connectivity index (χ2v) is 7.47. The molecule has 0 aliphatic carbocycles. The molecule has 156 valence electrons. The van der Waals surface area contributed by atoms with Crippen molar-refractivity contribution in [2.75, 3.05) is 35.6 Å².